The van der Waals surface area contributed by atoms with Crippen LogP contribution in [0.5, 0.6) is 0 Å². The molecule has 2 fully saturated rings. The lowest BCUT2D eigenvalue weighted by atomic mass is 9.95. The minimum Gasteiger partial charge on any atom is -0.385 e. The number of allylic oxidation sites excluding steroid dienone is 2. The Morgan fingerprint density at radius 1 is 0.567 bits per heavy atom. The number of hydrogen-bond acceptors (Lipinski definition) is 6. The first kappa shape index (κ1) is 23.1. The Hall–Kier alpha value is -0.0400. The van der Waals surface area contributed by atoms with Crippen LogP contribution in [-0.2, 0) is 0 Å². The summed E-state index contributed by atoms with van der Waals surface area (Å²) < 4.78 is 2.11. The van der Waals surface area contributed by atoms with E-state index in [4.69, 9.17) is 24.4 Å². The summed E-state index contributed by atoms with van der Waals surface area (Å²) in [7, 11) is 3.46. The van der Waals surface area contributed by atoms with Gasteiger partial charge in [-0.25, -0.2) is 0 Å². The van der Waals surface area contributed by atoms with E-state index in [9.17, 15) is 0 Å². The van der Waals surface area contributed by atoms with Gasteiger partial charge in [-0.2, -0.15) is 0 Å². The minimum absolute atomic E-state index is 0.667. The molecule has 2 N–H and O–H groups in total. The molecule has 0 aromatic heterocycles. The lowest BCUT2D eigenvalue weighted by Gasteiger charge is -2.25. The molecule has 2 saturated carbocycles. The molecule has 0 atom stereocenters. The van der Waals surface area contributed by atoms with Gasteiger partial charge in [0.15, 0.2) is 0 Å². The maximum absolute atomic E-state index is 5.86. The minimum atomic E-state index is 0.667. The highest BCUT2D eigenvalue weighted by atomic mass is 33.1. The van der Waals surface area contributed by atoms with Crippen molar-refractivity contribution in [3.8, 4) is 0 Å². The van der Waals surface area contributed by atoms with Crippen molar-refractivity contribution in [3.05, 3.63) is 22.5 Å². The number of rotatable bonds is 6. The fourth-order valence-electron chi connectivity index (χ4n) is 5.42. The second-order valence-electron chi connectivity index (χ2n) is 9.32. The molecule has 0 amide bonds. The van der Waals surface area contributed by atoms with Gasteiger partial charge in [-0.1, -0.05) is 63.0 Å². The maximum atomic E-state index is 5.86. The molecule has 0 unspecified atom stereocenters. The molecule has 4 rings (SSSR count). The Morgan fingerprint density at radius 2 is 0.967 bits per heavy atom. The lowest BCUT2D eigenvalue weighted by molar-refractivity contribution is 0.394. The molecule has 166 valence electrons. The topological polar surface area (TPSA) is 24.1 Å². The molecule has 0 saturated heterocycles. The second kappa shape index (κ2) is 11.7. The van der Waals surface area contributed by atoms with Crippen LogP contribution < -0.4 is 10.6 Å². The zero-order valence-electron chi connectivity index (χ0n) is 18.1. The fourth-order valence-corrected chi connectivity index (χ4v) is 8.34. The van der Waals surface area contributed by atoms with Gasteiger partial charge in [0.05, 0.1) is 8.39 Å². The summed E-state index contributed by atoms with van der Waals surface area (Å²) in [5, 5.41) is 7.72. The smallest absolute Gasteiger partial charge is 0.0865 e. The third kappa shape index (κ3) is 6.26. The molecule has 0 aromatic carbocycles. The van der Waals surface area contributed by atoms with Gasteiger partial charge in [-0.05, 0) is 96.9 Å². The van der Waals surface area contributed by atoms with Gasteiger partial charge in [-0.15, -0.1) is 0 Å². The molecular formula is C24H36N2S4. The first-order chi connectivity index (χ1) is 14.7. The first-order valence-corrected chi connectivity index (χ1v) is 15.1. The van der Waals surface area contributed by atoms with Crippen molar-refractivity contribution in [2.24, 2.45) is 0 Å². The molecule has 0 spiro atoms. The van der Waals surface area contributed by atoms with E-state index in [1.165, 1.54) is 112 Å². The summed E-state index contributed by atoms with van der Waals surface area (Å²) in [6, 6.07) is 1.33. The standard InChI is InChI=1S/C24H36N2S4/c27-23(19-13-7-15-21(19)25-17-9-3-1-4-10-17)29-30-24(28)20-14-8-16-22(20)26-18-11-5-2-6-12-18/h17-18,25-26H,1-16H2. The molecule has 30 heavy (non-hydrogen) atoms. The highest BCUT2D eigenvalue weighted by molar-refractivity contribution is 8.90. The van der Waals surface area contributed by atoms with Crippen LogP contribution in [0.2, 0.25) is 0 Å². The summed E-state index contributed by atoms with van der Waals surface area (Å²) in [4.78, 5) is 0. The van der Waals surface area contributed by atoms with E-state index in [0.29, 0.717) is 12.1 Å². The number of nitrogens with one attached hydrogen (secondary N) is 2. The molecule has 0 aliphatic heterocycles. The van der Waals surface area contributed by atoms with Gasteiger partial charge in [0.25, 0.3) is 0 Å². The summed E-state index contributed by atoms with van der Waals surface area (Å²) in [6.07, 6.45) is 20.6. The van der Waals surface area contributed by atoms with E-state index in [-0.39, 0.29) is 0 Å². The van der Waals surface area contributed by atoms with E-state index in [1.807, 2.05) is 0 Å². The molecule has 4 aliphatic carbocycles. The van der Waals surface area contributed by atoms with Crippen LogP contribution in [0.15, 0.2) is 22.5 Å². The number of thiocarbonyl (C=S) groups is 2. The molecular weight excluding hydrogens is 445 g/mol. The predicted molar refractivity (Wildman–Crippen MR) is 142 cm³/mol. The van der Waals surface area contributed by atoms with Gasteiger partial charge in [-0.3, -0.25) is 0 Å². The maximum Gasteiger partial charge on any atom is 0.0865 e. The van der Waals surface area contributed by atoms with Crippen molar-refractivity contribution in [1.82, 2.24) is 10.6 Å². The predicted octanol–water partition coefficient (Wildman–Crippen LogP) is 7.74. The Kier molecular flexibility index (Phi) is 9.03. The van der Waals surface area contributed by atoms with Crippen LogP contribution in [0.3, 0.4) is 0 Å². The first-order valence-electron chi connectivity index (χ1n) is 12.1. The van der Waals surface area contributed by atoms with E-state index < -0.39 is 0 Å². The van der Waals surface area contributed by atoms with Gasteiger partial charge >= 0.3 is 0 Å². The molecule has 0 heterocycles. The quantitative estimate of drug-likeness (QED) is 0.298. The van der Waals surface area contributed by atoms with Gasteiger partial charge < -0.3 is 10.6 Å². The normalized spacial score (nSPS) is 23.9. The average Bonchev–Trinajstić information content (AvgIpc) is 3.43. The van der Waals surface area contributed by atoms with Crippen LogP contribution in [0, 0.1) is 0 Å². The van der Waals surface area contributed by atoms with E-state index >= 15 is 0 Å². The molecule has 6 heteroatoms. The van der Waals surface area contributed by atoms with Crippen molar-refractivity contribution in [2.75, 3.05) is 0 Å². The fraction of sp³-hybridized carbons (Fsp3) is 0.750. The van der Waals surface area contributed by atoms with Crippen molar-refractivity contribution in [3.63, 3.8) is 0 Å². The van der Waals surface area contributed by atoms with Crippen molar-refractivity contribution in [1.29, 1.82) is 0 Å². The van der Waals surface area contributed by atoms with Gasteiger partial charge in [0.2, 0.25) is 0 Å². The zero-order valence-corrected chi connectivity index (χ0v) is 21.4. The van der Waals surface area contributed by atoms with Crippen LogP contribution in [0.4, 0.5) is 0 Å². The molecule has 0 bridgehead atoms. The van der Waals surface area contributed by atoms with E-state index in [2.05, 4.69) is 10.6 Å². The van der Waals surface area contributed by atoms with Crippen molar-refractivity contribution < 1.29 is 0 Å². The monoisotopic (exact) mass is 480 g/mol. The van der Waals surface area contributed by atoms with Gasteiger partial charge in [0, 0.05) is 23.5 Å². The molecule has 4 aliphatic rings. The highest BCUT2D eigenvalue weighted by Crippen LogP contribution is 2.39. The molecule has 0 aromatic rings. The zero-order chi connectivity index (χ0) is 20.8. The third-order valence-corrected chi connectivity index (χ3v) is 10.8. The van der Waals surface area contributed by atoms with Crippen LogP contribution in [0.25, 0.3) is 0 Å². The summed E-state index contributed by atoms with van der Waals surface area (Å²) >= 11 is 11.7. The Balaban J connectivity index is 1.31. The Bertz CT molecular complexity index is 640. The van der Waals surface area contributed by atoms with Gasteiger partial charge in [0.1, 0.15) is 0 Å². The average molecular weight is 481 g/mol. The van der Waals surface area contributed by atoms with Crippen LogP contribution in [-0.4, -0.2) is 20.5 Å². The summed E-state index contributed by atoms with van der Waals surface area (Å²) in [6.45, 7) is 0. The second-order valence-corrected chi connectivity index (χ2v) is 12.8. The Labute approximate surface area is 201 Å². The third-order valence-electron chi connectivity index (χ3n) is 7.09. The van der Waals surface area contributed by atoms with Crippen LogP contribution in [0.1, 0.15) is 103 Å². The summed E-state index contributed by atoms with van der Waals surface area (Å²) in [5.74, 6) is 0. The number of hydrogen-bond donors (Lipinski definition) is 2. The molecule has 0 radical (unpaired) electrons. The molecule has 2 nitrogen and oxygen atoms in total. The van der Waals surface area contributed by atoms with Crippen molar-refractivity contribution in [2.45, 2.75) is 115 Å². The lowest BCUT2D eigenvalue weighted by Crippen LogP contribution is -2.30. The van der Waals surface area contributed by atoms with E-state index in [1.54, 1.807) is 21.6 Å². The highest BCUT2D eigenvalue weighted by Gasteiger charge is 2.25. The Morgan fingerprint density at radius 3 is 1.37 bits per heavy atom. The van der Waals surface area contributed by atoms with Crippen LogP contribution >= 0.6 is 46.0 Å². The summed E-state index contributed by atoms with van der Waals surface area (Å²) in [5.41, 5.74) is 5.67. The van der Waals surface area contributed by atoms with E-state index in [0.717, 1.165) is 21.2 Å². The SMILES string of the molecule is S=C(SSC(=S)C1=C(NC2CCCCC2)CCC1)C1=C(NC2CCCCC2)CCC1. The largest absolute Gasteiger partial charge is 0.385 e. The van der Waals surface area contributed by atoms with Crippen molar-refractivity contribution >= 4 is 54.4 Å².